The molecule has 1 aliphatic heterocycles. The van der Waals surface area contributed by atoms with Crippen molar-refractivity contribution in [3.8, 4) is 0 Å². The first kappa shape index (κ1) is 15.2. The van der Waals surface area contributed by atoms with Crippen molar-refractivity contribution >= 4 is 17.3 Å². The first-order valence-electron chi connectivity index (χ1n) is 6.73. The van der Waals surface area contributed by atoms with Crippen LogP contribution in [0.25, 0.3) is 0 Å². The summed E-state index contributed by atoms with van der Waals surface area (Å²) in [6.45, 7) is 1.93. The number of nitrogens with one attached hydrogen (secondary N) is 2. The number of amides is 1. The van der Waals surface area contributed by atoms with E-state index in [0.29, 0.717) is 25.7 Å². The lowest BCUT2D eigenvalue weighted by Gasteiger charge is -2.22. The second-order valence-corrected chi connectivity index (χ2v) is 4.87. The molecule has 1 aromatic rings. The molecule has 4 N–H and O–H groups in total. The number of carbonyl (C=O) groups excluding carboxylic acids is 1. The van der Waals surface area contributed by atoms with E-state index in [1.54, 1.807) is 0 Å². The maximum atomic E-state index is 12.2. The van der Waals surface area contributed by atoms with Gasteiger partial charge in [0.15, 0.2) is 0 Å². The minimum absolute atomic E-state index is 0.0203. The highest BCUT2D eigenvalue weighted by Gasteiger charge is 2.22. The van der Waals surface area contributed by atoms with E-state index in [1.165, 1.54) is 18.2 Å². The number of benzene rings is 1. The standard InChI is InChI=1S/C13H18N4O4/c14-16-12-10(2-1-3-11(12)17(19)20)13(18)15-8-9-4-6-21-7-5-9/h1-3,9,16H,4-8,14H2,(H,15,18). The lowest BCUT2D eigenvalue weighted by atomic mass is 10.0. The third kappa shape index (κ3) is 3.67. The highest BCUT2D eigenvalue weighted by molar-refractivity contribution is 6.01. The molecule has 0 saturated carbocycles. The van der Waals surface area contributed by atoms with Gasteiger partial charge in [-0.1, -0.05) is 6.07 Å². The number of anilines is 1. The summed E-state index contributed by atoms with van der Waals surface area (Å²) in [4.78, 5) is 22.5. The molecule has 8 nitrogen and oxygen atoms in total. The molecular formula is C13H18N4O4. The molecule has 0 bridgehead atoms. The van der Waals surface area contributed by atoms with E-state index < -0.39 is 4.92 Å². The molecule has 21 heavy (non-hydrogen) atoms. The first-order valence-corrected chi connectivity index (χ1v) is 6.73. The fourth-order valence-corrected chi connectivity index (χ4v) is 2.32. The molecule has 114 valence electrons. The van der Waals surface area contributed by atoms with Crippen molar-refractivity contribution in [2.45, 2.75) is 12.8 Å². The van der Waals surface area contributed by atoms with Crippen LogP contribution in [0, 0.1) is 16.0 Å². The lowest BCUT2D eigenvalue weighted by Crippen LogP contribution is -2.32. The first-order chi connectivity index (χ1) is 10.1. The van der Waals surface area contributed by atoms with Crippen molar-refractivity contribution < 1.29 is 14.5 Å². The van der Waals surface area contributed by atoms with Gasteiger partial charge in [0, 0.05) is 25.8 Å². The van der Waals surface area contributed by atoms with Crippen LogP contribution in [0.1, 0.15) is 23.2 Å². The van der Waals surface area contributed by atoms with E-state index in [2.05, 4.69) is 10.7 Å². The summed E-state index contributed by atoms with van der Waals surface area (Å²) >= 11 is 0. The number of nitro groups is 1. The molecule has 0 spiro atoms. The van der Waals surface area contributed by atoms with E-state index in [9.17, 15) is 14.9 Å². The Hall–Kier alpha value is -2.19. The fraction of sp³-hybridized carbons (Fsp3) is 0.462. The summed E-state index contributed by atoms with van der Waals surface area (Å²) in [5, 5.41) is 13.7. The number of ether oxygens (including phenoxy) is 1. The summed E-state index contributed by atoms with van der Waals surface area (Å²) in [5.74, 6) is 5.31. The molecule has 1 aromatic carbocycles. The van der Waals surface area contributed by atoms with Gasteiger partial charge in [0.1, 0.15) is 5.69 Å². The molecule has 1 aliphatic rings. The molecule has 1 heterocycles. The van der Waals surface area contributed by atoms with Gasteiger partial charge in [0.2, 0.25) is 0 Å². The van der Waals surface area contributed by atoms with Gasteiger partial charge in [-0.2, -0.15) is 0 Å². The van der Waals surface area contributed by atoms with Crippen molar-refractivity contribution in [3.05, 3.63) is 33.9 Å². The second-order valence-electron chi connectivity index (χ2n) is 4.87. The second kappa shape index (κ2) is 7.00. The topological polar surface area (TPSA) is 120 Å². The molecule has 0 radical (unpaired) electrons. The summed E-state index contributed by atoms with van der Waals surface area (Å²) in [7, 11) is 0. The Morgan fingerprint density at radius 1 is 1.43 bits per heavy atom. The highest BCUT2D eigenvalue weighted by Crippen LogP contribution is 2.27. The third-order valence-corrected chi connectivity index (χ3v) is 3.52. The zero-order valence-electron chi connectivity index (χ0n) is 11.5. The van der Waals surface area contributed by atoms with Crippen LogP contribution in [0.2, 0.25) is 0 Å². The number of carbonyl (C=O) groups is 1. The summed E-state index contributed by atoms with van der Waals surface area (Å²) in [6.07, 6.45) is 1.80. The number of para-hydroxylation sites is 1. The van der Waals surface area contributed by atoms with E-state index >= 15 is 0 Å². The van der Waals surface area contributed by atoms with Crippen LogP contribution >= 0.6 is 0 Å². The smallest absolute Gasteiger partial charge is 0.294 e. The van der Waals surface area contributed by atoms with E-state index in [0.717, 1.165) is 12.8 Å². The van der Waals surface area contributed by atoms with Crippen LogP contribution in [0.4, 0.5) is 11.4 Å². The maximum Gasteiger partial charge on any atom is 0.294 e. The van der Waals surface area contributed by atoms with Crippen LogP contribution in [0.5, 0.6) is 0 Å². The van der Waals surface area contributed by atoms with Crippen molar-refractivity contribution in [2.75, 3.05) is 25.2 Å². The minimum Gasteiger partial charge on any atom is -0.381 e. The molecule has 1 fully saturated rings. The normalized spacial score (nSPS) is 15.5. The molecule has 0 aliphatic carbocycles. The summed E-state index contributed by atoms with van der Waals surface area (Å²) in [5.41, 5.74) is 2.20. The van der Waals surface area contributed by atoms with Gasteiger partial charge < -0.3 is 15.5 Å². The third-order valence-electron chi connectivity index (χ3n) is 3.52. The number of hydrogen-bond donors (Lipinski definition) is 3. The van der Waals surface area contributed by atoms with Crippen molar-refractivity contribution in [3.63, 3.8) is 0 Å². The predicted octanol–water partition coefficient (Wildman–Crippen LogP) is 1.04. The van der Waals surface area contributed by atoms with E-state index in [1.807, 2.05) is 0 Å². The van der Waals surface area contributed by atoms with Crippen molar-refractivity contribution in [2.24, 2.45) is 11.8 Å². The zero-order chi connectivity index (χ0) is 15.2. The van der Waals surface area contributed by atoms with Crippen LogP contribution < -0.4 is 16.6 Å². The van der Waals surface area contributed by atoms with E-state index in [4.69, 9.17) is 10.6 Å². The van der Waals surface area contributed by atoms with Crippen molar-refractivity contribution in [1.82, 2.24) is 5.32 Å². The Bertz CT molecular complexity index is 529. The summed E-state index contributed by atoms with van der Waals surface area (Å²) < 4.78 is 5.26. The van der Waals surface area contributed by atoms with Crippen LogP contribution in [0.15, 0.2) is 18.2 Å². The Morgan fingerprint density at radius 2 is 2.14 bits per heavy atom. The Balaban J connectivity index is 2.07. The molecule has 0 aromatic heterocycles. The maximum absolute atomic E-state index is 12.2. The number of nitro benzene ring substituents is 1. The quantitative estimate of drug-likeness (QED) is 0.424. The molecule has 2 rings (SSSR count). The molecular weight excluding hydrogens is 276 g/mol. The van der Waals surface area contributed by atoms with Gasteiger partial charge >= 0.3 is 0 Å². The van der Waals surface area contributed by atoms with Crippen molar-refractivity contribution in [1.29, 1.82) is 0 Å². The number of nitrogens with zero attached hydrogens (tertiary/aromatic N) is 1. The largest absolute Gasteiger partial charge is 0.381 e. The molecule has 0 unspecified atom stereocenters. The van der Waals surface area contributed by atoms with Crippen LogP contribution in [0.3, 0.4) is 0 Å². The average molecular weight is 294 g/mol. The van der Waals surface area contributed by atoms with Gasteiger partial charge in [-0.05, 0) is 24.8 Å². The van der Waals surface area contributed by atoms with Crippen LogP contribution in [-0.2, 0) is 4.74 Å². The van der Waals surface area contributed by atoms with Gasteiger partial charge in [-0.15, -0.1) is 0 Å². The number of hydrogen-bond acceptors (Lipinski definition) is 6. The fourth-order valence-electron chi connectivity index (χ4n) is 2.32. The minimum atomic E-state index is -0.579. The lowest BCUT2D eigenvalue weighted by molar-refractivity contribution is -0.384. The van der Waals surface area contributed by atoms with Gasteiger partial charge in [-0.3, -0.25) is 20.8 Å². The highest BCUT2D eigenvalue weighted by atomic mass is 16.6. The Kier molecular flexibility index (Phi) is 5.07. The molecule has 0 atom stereocenters. The number of rotatable bonds is 5. The SMILES string of the molecule is NNc1c(C(=O)NCC2CCOCC2)cccc1[N+](=O)[O-]. The molecule has 8 heteroatoms. The van der Waals surface area contributed by atoms with E-state index in [-0.39, 0.29) is 22.8 Å². The molecule has 1 saturated heterocycles. The summed E-state index contributed by atoms with van der Waals surface area (Å²) in [6, 6.07) is 4.26. The Labute approximate surface area is 121 Å². The number of hydrazine groups is 1. The monoisotopic (exact) mass is 294 g/mol. The number of nitrogens with two attached hydrogens (primary N) is 1. The van der Waals surface area contributed by atoms with Gasteiger partial charge in [-0.25, -0.2) is 0 Å². The van der Waals surface area contributed by atoms with Gasteiger partial charge in [0.05, 0.1) is 10.5 Å². The Morgan fingerprint density at radius 3 is 2.76 bits per heavy atom. The molecule has 1 amide bonds. The zero-order valence-corrected chi connectivity index (χ0v) is 11.5. The van der Waals surface area contributed by atoms with Crippen LogP contribution in [-0.4, -0.2) is 30.6 Å². The predicted molar refractivity (Wildman–Crippen MR) is 76.8 cm³/mol. The number of nitrogen functional groups attached to an aromatic ring is 1. The average Bonchev–Trinajstić information content (AvgIpc) is 2.52. The van der Waals surface area contributed by atoms with Gasteiger partial charge in [0.25, 0.3) is 11.6 Å².